The van der Waals surface area contributed by atoms with E-state index in [-0.39, 0.29) is 24.7 Å². The minimum atomic E-state index is -0.466. The minimum Gasteiger partial charge on any atom is -0.396 e. The van der Waals surface area contributed by atoms with E-state index in [4.69, 9.17) is 10.1 Å². The lowest BCUT2D eigenvalue weighted by Gasteiger charge is -2.28. The van der Waals surface area contributed by atoms with E-state index in [1.807, 2.05) is 11.0 Å². The molecule has 0 spiro atoms. The van der Waals surface area contributed by atoms with Gasteiger partial charge in [-0.25, -0.2) is 28.1 Å². The summed E-state index contributed by atoms with van der Waals surface area (Å²) in [4.78, 5) is 24.0. The topological polar surface area (TPSA) is 83.3 Å². The lowest BCUT2D eigenvalue weighted by atomic mass is 9.84. The van der Waals surface area contributed by atoms with Crippen LogP contribution in [0.4, 0.5) is 19.4 Å². The van der Waals surface area contributed by atoms with E-state index in [0.29, 0.717) is 41.4 Å². The SMILES string of the molecule is O=C(NC1CCC(CCO)CC1)n1cnc2ccc(N3CCCC3c3cc(F)ccc3F)nc21. The molecule has 9 heteroatoms. The second-order valence-electron chi connectivity index (χ2n) is 9.32. The maximum atomic E-state index is 14.5. The summed E-state index contributed by atoms with van der Waals surface area (Å²) < 4.78 is 29.7. The van der Waals surface area contributed by atoms with Crippen LogP contribution in [0.1, 0.15) is 56.6 Å². The van der Waals surface area contributed by atoms with Crippen molar-refractivity contribution in [3.8, 4) is 0 Å². The molecule has 0 radical (unpaired) electrons. The largest absolute Gasteiger partial charge is 0.396 e. The first-order chi connectivity index (χ1) is 16.5. The molecule has 2 aromatic heterocycles. The number of carbonyl (C=O) groups is 1. The number of nitrogens with zero attached hydrogens (tertiary/aromatic N) is 4. The first-order valence-corrected chi connectivity index (χ1v) is 12.0. The molecule has 1 amide bonds. The van der Waals surface area contributed by atoms with Gasteiger partial charge in [-0.3, -0.25) is 0 Å². The molecule has 3 aromatic rings. The summed E-state index contributed by atoms with van der Waals surface area (Å²) in [6.45, 7) is 0.872. The second kappa shape index (κ2) is 9.66. The van der Waals surface area contributed by atoms with Gasteiger partial charge in [0.05, 0.1) is 6.04 Å². The molecule has 5 rings (SSSR count). The van der Waals surface area contributed by atoms with Crippen molar-refractivity contribution in [1.29, 1.82) is 0 Å². The molecule has 1 aliphatic carbocycles. The zero-order valence-electron chi connectivity index (χ0n) is 19.0. The number of aromatic nitrogens is 3. The van der Waals surface area contributed by atoms with E-state index >= 15 is 0 Å². The van der Waals surface area contributed by atoms with E-state index in [1.165, 1.54) is 17.0 Å². The Labute approximate surface area is 196 Å². The molecular weight excluding hydrogens is 440 g/mol. The Kier molecular flexibility index (Phi) is 6.45. The Balaban J connectivity index is 1.36. The number of pyridine rings is 1. The number of carbonyl (C=O) groups excluding carboxylic acids is 1. The van der Waals surface area contributed by atoms with Crippen LogP contribution in [0.5, 0.6) is 0 Å². The molecule has 3 heterocycles. The van der Waals surface area contributed by atoms with Crippen molar-refractivity contribution in [3.05, 3.63) is 53.9 Å². The number of hydrogen-bond acceptors (Lipinski definition) is 5. The van der Waals surface area contributed by atoms with Crippen molar-refractivity contribution in [2.75, 3.05) is 18.1 Å². The molecule has 1 aliphatic heterocycles. The van der Waals surface area contributed by atoms with Crippen LogP contribution < -0.4 is 10.2 Å². The lowest BCUT2D eigenvalue weighted by molar-refractivity contribution is 0.207. The van der Waals surface area contributed by atoms with E-state index in [2.05, 4.69) is 10.3 Å². The minimum absolute atomic E-state index is 0.0852. The van der Waals surface area contributed by atoms with Gasteiger partial charge in [0.25, 0.3) is 0 Å². The first kappa shape index (κ1) is 22.7. The number of aliphatic hydroxyl groups is 1. The molecule has 1 unspecified atom stereocenters. The Hall–Kier alpha value is -3.07. The predicted molar refractivity (Wildman–Crippen MR) is 125 cm³/mol. The van der Waals surface area contributed by atoms with Crippen LogP contribution >= 0.6 is 0 Å². The van der Waals surface area contributed by atoms with E-state index in [9.17, 15) is 13.6 Å². The summed E-state index contributed by atoms with van der Waals surface area (Å²) in [6, 6.07) is 6.65. The number of imidazole rings is 1. The van der Waals surface area contributed by atoms with Crippen molar-refractivity contribution in [2.45, 2.75) is 57.0 Å². The Morgan fingerprint density at radius 1 is 1.12 bits per heavy atom. The third-order valence-corrected chi connectivity index (χ3v) is 7.17. The maximum Gasteiger partial charge on any atom is 0.328 e. The second-order valence-corrected chi connectivity index (χ2v) is 9.32. The highest BCUT2D eigenvalue weighted by Gasteiger charge is 2.30. The van der Waals surface area contributed by atoms with Gasteiger partial charge >= 0.3 is 6.03 Å². The van der Waals surface area contributed by atoms with E-state index in [1.54, 1.807) is 6.07 Å². The summed E-state index contributed by atoms with van der Waals surface area (Å²) in [5.74, 6) is 0.231. The highest BCUT2D eigenvalue weighted by molar-refractivity contribution is 5.87. The van der Waals surface area contributed by atoms with Gasteiger partial charge in [0.15, 0.2) is 5.65 Å². The molecule has 34 heavy (non-hydrogen) atoms. The van der Waals surface area contributed by atoms with Crippen LogP contribution in [-0.4, -0.2) is 44.9 Å². The molecular formula is C25H29F2N5O2. The standard InChI is InChI=1S/C25H29F2N5O2/c26-17-5-8-20(27)19(14-17)22-2-1-12-31(22)23-10-9-21-24(30-23)32(15-28-21)25(34)29-18-6-3-16(4-7-18)11-13-33/h5,8-10,14-16,18,22,33H,1-4,6-7,11-13H2,(H,29,34). The average Bonchev–Trinajstić information content (AvgIpc) is 3.49. The van der Waals surface area contributed by atoms with Gasteiger partial charge < -0.3 is 15.3 Å². The summed E-state index contributed by atoms with van der Waals surface area (Å²) in [5.41, 5.74) is 1.36. The first-order valence-electron chi connectivity index (χ1n) is 12.0. The quantitative estimate of drug-likeness (QED) is 0.573. The average molecular weight is 470 g/mol. The molecule has 180 valence electrons. The summed E-state index contributed by atoms with van der Waals surface area (Å²) in [7, 11) is 0. The van der Waals surface area contributed by atoms with Gasteiger partial charge in [-0.2, -0.15) is 0 Å². The number of rotatable bonds is 5. The van der Waals surface area contributed by atoms with Gasteiger partial charge in [0.1, 0.15) is 29.3 Å². The highest BCUT2D eigenvalue weighted by Crippen LogP contribution is 2.37. The zero-order chi connectivity index (χ0) is 23.7. The molecule has 7 nitrogen and oxygen atoms in total. The molecule has 1 aromatic carbocycles. The third-order valence-electron chi connectivity index (χ3n) is 7.17. The van der Waals surface area contributed by atoms with Gasteiger partial charge in [-0.15, -0.1) is 0 Å². The van der Waals surface area contributed by atoms with Crippen LogP contribution in [-0.2, 0) is 0 Å². The van der Waals surface area contributed by atoms with Crippen molar-refractivity contribution in [2.24, 2.45) is 5.92 Å². The number of benzene rings is 1. The monoisotopic (exact) mass is 469 g/mol. The van der Waals surface area contributed by atoms with Crippen LogP contribution in [0, 0.1) is 17.6 Å². The molecule has 1 saturated heterocycles. The van der Waals surface area contributed by atoms with Crippen molar-refractivity contribution < 1.29 is 18.7 Å². The summed E-state index contributed by atoms with van der Waals surface area (Å²) in [5, 5.41) is 12.2. The fourth-order valence-electron chi connectivity index (χ4n) is 5.35. The van der Waals surface area contributed by atoms with Gasteiger partial charge in [-0.1, -0.05) is 0 Å². The molecule has 2 N–H and O–H groups in total. The number of aliphatic hydroxyl groups excluding tert-OH is 1. The van der Waals surface area contributed by atoms with Crippen LogP contribution in [0.3, 0.4) is 0 Å². The molecule has 0 bridgehead atoms. The Bertz CT molecular complexity index is 1180. The van der Waals surface area contributed by atoms with Gasteiger partial charge in [0.2, 0.25) is 0 Å². The molecule has 2 fully saturated rings. The Morgan fingerprint density at radius 2 is 1.94 bits per heavy atom. The predicted octanol–water partition coefficient (Wildman–Crippen LogP) is 4.55. The molecule has 1 saturated carbocycles. The third kappa shape index (κ3) is 4.49. The van der Waals surface area contributed by atoms with Gasteiger partial charge in [-0.05, 0) is 81.2 Å². The maximum absolute atomic E-state index is 14.5. The molecule has 1 atom stereocenters. The summed E-state index contributed by atoms with van der Waals surface area (Å²) in [6.07, 6.45) is 7.57. The van der Waals surface area contributed by atoms with Crippen molar-refractivity contribution in [3.63, 3.8) is 0 Å². The number of hydrogen-bond donors (Lipinski definition) is 2. The van der Waals surface area contributed by atoms with Crippen molar-refractivity contribution >= 4 is 23.0 Å². The van der Waals surface area contributed by atoms with Crippen LogP contribution in [0.2, 0.25) is 0 Å². The number of anilines is 1. The lowest BCUT2D eigenvalue weighted by Crippen LogP contribution is -2.40. The normalized spacial score (nSPS) is 22.9. The summed E-state index contributed by atoms with van der Waals surface area (Å²) >= 11 is 0. The van der Waals surface area contributed by atoms with E-state index in [0.717, 1.165) is 50.7 Å². The van der Waals surface area contributed by atoms with Crippen LogP contribution in [0.15, 0.2) is 36.7 Å². The van der Waals surface area contributed by atoms with Gasteiger partial charge in [0, 0.05) is 24.8 Å². The zero-order valence-corrected chi connectivity index (χ0v) is 19.0. The number of nitrogens with one attached hydrogen (secondary N) is 1. The van der Waals surface area contributed by atoms with Crippen molar-refractivity contribution in [1.82, 2.24) is 19.9 Å². The fourth-order valence-corrected chi connectivity index (χ4v) is 5.35. The van der Waals surface area contributed by atoms with E-state index < -0.39 is 11.6 Å². The smallest absolute Gasteiger partial charge is 0.328 e. The molecule has 2 aliphatic rings. The highest BCUT2D eigenvalue weighted by atomic mass is 19.1. The number of fused-ring (bicyclic) bond motifs is 1. The number of amides is 1. The number of halogens is 2. The fraction of sp³-hybridized carbons (Fsp3) is 0.480. The Morgan fingerprint density at radius 3 is 2.74 bits per heavy atom. The van der Waals surface area contributed by atoms with Crippen LogP contribution in [0.25, 0.3) is 11.2 Å².